The molecule has 3 heteroatoms. The van der Waals surface area contributed by atoms with Gasteiger partial charge in [-0.1, -0.05) is 61.8 Å². The lowest BCUT2D eigenvalue weighted by molar-refractivity contribution is -0.373. The zero-order valence-corrected chi connectivity index (χ0v) is 27.4. The lowest BCUT2D eigenvalue weighted by atomic mass is 9.32. The minimum absolute atomic E-state index is 0.0650. The third kappa shape index (κ3) is 5.69. The van der Waals surface area contributed by atoms with Gasteiger partial charge in [-0.05, 0) is 159 Å². The van der Waals surface area contributed by atoms with Gasteiger partial charge in [-0.2, -0.15) is 13.2 Å². The summed E-state index contributed by atoms with van der Waals surface area (Å²) in [5, 5.41) is 0. The first kappa shape index (κ1) is 31.2. The van der Waals surface area contributed by atoms with Crippen molar-refractivity contribution < 1.29 is 13.2 Å². The minimum atomic E-state index is -3.94. The number of halogens is 3. The van der Waals surface area contributed by atoms with Crippen molar-refractivity contribution in [1.29, 1.82) is 0 Å². The van der Waals surface area contributed by atoms with E-state index in [-0.39, 0.29) is 5.41 Å². The van der Waals surface area contributed by atoms with E-state index >= 15 is 0 Å². The fourth-order valence-electron chi connectivity index (χ4n) is 10.9. The quantitative estimate of drug-likeness (QED) is 0.318. The molecule has 0 saturated heterocycles. The Morgan fingerprint density at radius 2 is 1.07 bits per heavy atom. The van der Waals surface area contributed by atoms with E-state index in [0.717, 1.165) is 64.6 Å². The van der Waals surface area contributed by atoms with Gasteiger partial charge in [0.25, 0.3) is 0 Å². The van der Waals surface area contributed by atoms with Gasteiger partial charge in [0.15, 0.2) is 0 Å². The topological polar surface area (TPSA) is 0 Å². The number of hydrogen-bond donors (Lipinski definition) is 0. The van der Waals surface area contributed by atoms with Crippen LogP contribution in [0.15, 0.2) is 0 Å². The van der Waals surface area contributed by atoms with E-state index in [1.807, 2.05) is 13.8 Å². The van der Waals surface area contributed by atoms with Crippen LogP contribution in [0.5, 0.6) is 0 Å². The first-order chi connectivity index (χ1) is 18.6. The van der Waals surface area contributed by atoms with Crippen molar-refractivity contribution in [3.63, 3.8) is 0 Å². The van der Waals surface area contributed by atoms with Gasteiger partial charge in [0.05, 0.1) is 5.41 Å². The van der Waals surface area contributed by atoms with Gasteiger partial charge < -0.3 is 0 Å². The van der Waals surface area contributed by atoms with Crippen LogP contribution in [0.4, 0.5) is 13.2 Å². The Labute approximate surface area is 245 Å². The zero-order chi connectivity index (χ0) is 29.3. The molecule has 40 heavy (non-hydrogen) atoms. The molecule has 3 unspecified atom stereocenters. The van der Waals surface area contributed by atoms with Crippen LogP contribution in [-0.4, -0.2) is 6.18 Å². The molecule has 0 aromatic heterocycles. The molecule has 0 aliphatic heterocycles. The summed E-state index contributed by atoms with van der Waals surface area (Å²) < 4.78 is 37.1. The normalized spacial score (nSPS) is 46.4. The van der Waals surface area contributed by atoms with Crippen molar-refractivity contribution in [3.8, 4) is 0 Å². The van der Waals surface area contributed by atoms with E-state index in [9.17, 15) is 13.2 Å². The Kier molecular flexibility index (Phi) is 8.63. The molecule has 11 aliphatic carbocycles. The molecule has 232 valence electrons. The van der Waals surface area contributed by atoms with Gasteiger partial charge in [0.2, 0.25) is 0 Å². The van der Waals surface area contributed by atoms with E-state index in [1.165, 1.54) is 0 Å². The standard InChI is InChI=1S/2C10H18.C9H13F3.C8H14/c1-7(2)10-5-8-3-9(4-8)6-10;1-7(2)10-6-8-3-4-9(10)5-8;1-6(2)7-3-8(4-7,5-7)9(10,11)12;1-6(2)8-3-7(4-8)5-8/h2*7-10H,3-6H2,1-2H3;6H,3-5H2,1-2H3;6-7H,3-5H2,1-2H3. The van der Waals surface area contributed by atoms with Crippen molar-refractivity contribution in [1.82, 2.24) is 0 Å². The van der Waals surface area contributed by atoms with Crippen LogP contribution in [0.25, 0.3) is 0 Å². The molecule has 0 nitrogen and oxygen atoms in total. The molecule has 0 aromatic carbocycles. The minimum Gasteiger partial charge on any atom is -0.171 e. The summed E-state index contributed by atoms with van der Waals surface area (Å²) in [5.74, 6) is 11.2. The molecule has 0 heterocycles. The predicted molar refractivity (Wildman–Crippen MR) is 162 cm³/mol. The lowest BCUT2D eigenvalue weighted by Crippen LogP contribution is -2.69. The van der Waals surface area contributed by atoms with Gasteiger partial charge in [0.1, 0.15) is 0 Å². The number of alkyl halides is 3. The van der Waals surface area contributed by atoms with Gasteiger partial charge in [-0.3, -0.25) is 0 Å². The Morgan fingerprint density at radius 3 is 1.30 bits per heavy atom. The van der Waals surface area contributed by atoms with E-state index in [0.29, 0.717) is 25.2 Å². The van der Waals surface area contributed by atoms with Gasteiger partial charge in [0, 0.05) is 0 Å². The highest BCUT2D eigenvalue weighted by Gasteiger charge is 2.78. The monoisotopic (exact) mass is 564 g/mol. The molecule has 11 aliphatic rings. The van der Waals surface area contributed by atoms with E-state index in [1.54, 1.807) is 70.6 Å². The Balaban J connectivity index is 0.000000108. The van der Waals surface area contributed by atoms with Crippen LogP contribution in [0.2, 0.25) is 0 Å². The molecular weight excluding hydrogens is 501 g/mol. The van der Waals surface area contributed by atoms with Crippen molar-refractivity contribution in [3.05, 3.63) is 0 Å². The summed E-state index contributed by atoms with van der Waals surface area (Å²) in [7, 11) is 0. The zero-order valence-electron chi connectivity index (χ0n) is 27.4. The van der Waals surface area contributed by atoms with E-state index in [4.69, 9.17) is 0 Å². The Hall–Kier alpha value is -0.210. The van der Waals surface area contributed by atoms with Crippen molar-refractivity contribution >= 4 is 0 Å². The molecular formula is C37H63F3. The van der Waals surface area contributed by atoms with Gasteiger partial charge >= 0.3 is 6.18 Å². The van der Waals surface area contributed by atoms with Crippen molar-refractivity contribution in [2.75, 3.05) is 0 Å². The molecule has 0 radical (unpaired) electrons. The highest BCUT2D eigenvalue weighted by molar-refractivity contribution is 5.20. The molecule has 0 N–H and O–H groups in total. The summed E-state index contributed by atoms with van der Waals surface area (Å²) in [6, 6.07) is 0. The van der Waals surface area contributed by atoms with E-state index < -0.39 is 11.6 Å². The Morgan fingerprint density at radius 1 is 0.550 bits per heavy atom. The summed E-state index contributed by atoms with van der Waals surface area (Å²) >= 11 is 0. The smallest absolute Gasteiger partial charge is 0.171 e. The van der Waals surface area contributed by atoms with Crippen molar-refractivity contribution in [2.24, 2.45) is 81.3 Å². The van der Waals surface area contributed by atoms with E-state index in [2.05, 4.69) is 41.5 Å². The first-order valence-corrected chi connectivity index (χ1v) is 17.6. The second-order valence-electron chi connectivity index (χ2n) is 18.1. The number of hydrogen-bond acceptors (Lipinski definition) is 0. The molecule has 0 amide bonds. The maximum Gasteiger partial charge on any atom is 0.394 e. The van der Waals surface area contributed by atoms with Crippen molar-refractivity contribution in [2.45, 2.75) is 151 Å². The first-order valence-electron chi connectivity index (χ1n) is 17.6. The van der Waals surface area contributed by atoms with Crippen LogP contribution in [0.3, 0.4) is 0 Å². The molecule has 11 rings (SSSR count). The molecule has 0 spiro atoms. The summed E-state index contributed by atoms with van der Waals surface area (Å²) in [6.45, 7) is 18.4. The van der Waals surface area contributed by atoms with Crippen LogP contribution in [-0.2, 0) is 0 Å². The fraction of sp³-hybridized carbons (Fsp3) is 1.00. The molecule has 11 saturated carbocycles. The largest absolute Gasteiger partial charge is 0.394 e. The van der Waals surface area contributed by atoms with Crippen LogP contribution >= 0.6 is 0 Å². The highest BCUT2D eigenvalue weighted by Crippen LogP contribution is 2.80. The average Bonchev–Trinajstić information content (AvgIpc) is 3.32. The SMILES string of the molecule is CC(C)C12CC(C(F)(F)F)(C1)C2.CC(C)C12CC(C1)C2.CC(C)C1CC2CC(C2)C1.CC(C)C1CC2CCC1C2. The number of rotatable bonds is 4. The number of fused-ring (bicyclic) bond motifs is 4. The predicted octanol–water partition coefficient (Wildman–Crippen LogP) is 12.0. The van der Waals surface area contributed by atoms with Crippen LogP contribution < -0.4 is 0 Å². The Bertz CT molecular complexity index is 812. The molecule has 3 atom stereocenters. The maximum atomic E-state index is 12.4. The molecule has 11 fully saturated rings. The molecule has 8 bridgehead atoms. The summed E-state index contributed by atoms with van der Waals surface area (Å²) in [6.07, 6.45) is 14.4. The average molecular weight is 565 g/mol. The van der Waals surface area contributed by atoms with Crippen LogP contribution in [0.1, 0.15) is 145 Å². The second kappa shape index (κ2) is 11.1. The highest BCUT2D eigenvalue weighted by atomic mass is 19.4. The third-order valence-electron chi connectivity index (χ3n) is 14.4. The van der Waals surface area contributed by atoms with Gasteiger partial charge in [-0.15, -0.1) is 0 Å². The second-order valence-corrected chi connectivity index (χ2v) is 18.1. The summed E-state index contributed by atoms with van der Waals surface area (Å²) in [5.41, 5.74) is -0.322. The van der Waals surface area contributed by atoms with Gasteiger partial charge in [-0.25, -0.2) is 0 Å². The molecule has 0 aromatic rings. The lowest BCUT2D eigenvalue weighted by Gasteiger charge is -2.72. The maximum absolute atomic E-state index is 12.4. The summed E-state index contributed by atoms with van der Waals surface area (Å²) in [4.78, 5) is 0. The third-order valence-corrected chi connectivity index (χ3v) is 14.4. The fourth-order valence-corrected chi connectivity index (χ4v) is 10.9. The van der Waals surface area contributed by atoms with Crippen LogP contribution in [0, 0.1) is 81.3 Å².